The number of hydrogen-bond acceptors (Lipinski definition) is 1. The second-order valence-corrected chi connectivity index (χ2v) is 6.77. The quantitative estimate of drug-likeness (QED) is 0.717. The summed E-state index contributed by atoms with van der Waals surface area (Å²) < 4.78 is 50.7. The van der Waals surface area contributed by atoms with Gasteiger partial charge >= 0.3 is 12.2 Å². The van der Waals surface area contributed by atoms with Crippen molar-refractivity contribution in [3.8, 4) is 0 Å². The average molecular weight is 380 g/mol. The van der Waals surface area contributed by atoms with Gasteiger partial charge in [-0.2, -0.15) is 13.2 Å². The Kier molecular flexibility index (Phi) is 5.68. The lowest BCUT2D eigenvalue weighted by Crippen LogP contribution is -2.41. The largest absolute Gasteiger partial charge is 0.416 e. The highest BCUT2D eigenvalue weighted by atomic mass is 19.4. The fraction of sp³-hybridized carbons (Fsp3) is 0.350. The number of hydrogen-bond donors (Lipinski definition) is 1. The Labute approximate surface area is 155 Å². The second kappa shape index (κ2) is 7.98. The minimum absolute atomic E-state index is 0.227. The molecule has 3 rings (SSSR count). The summed E-state index contributed by atoms with van der Waals surface area (Å²) in [7, 11) is 0. The number of urea groups is 1. The van der Waals surface area contributed by atoms with Crippen molar-refractivity contribution in [1.29, 1.82) is 0 Å². The molecule has 1 fully saturated rings. The minimum Gasteiger partial charge on any atom is -0.325 e. The van der Waals surface area contributed by atoms with Gasteiger partial charge in [-0.3, -0.25) is 0 Å². The van der Waals surface area contributed by atoms with E-state index < -0.39 is 11.7 Å². The zero-order valence-electron chi connectivity index (χ0n) is 14.6. The Bertz CT molecular complexity index is 764. The molecule has 3 nitrogen and oxygen atoms in total. The van der Waals surface area contributed by atoms with E-state index in [-0.39, 0.29) is 11.8 Å². The van der Waals surface area contributed by atoms with Gasteiger partial charge in [0, 0.05) is 18.8 Å². The van der Waals surface area contributed by atoms with E-state index in [1.54, 1.807) is 4.90 Å². The van der Waals surface area contributed by atoms with Crippen molar-refractivity contribution in [2.75, 3.05) is 18.4 Å². The molecule has 2 amide bonds. The molecule has 0 aliphatic carbocycles. The molecule has 2 aromatic rings. The molecule has 0 saturated carbocycles. The van der Waals surface area contributed by atoms with Crippen molar-refractivity contribution in [2.45, 2.75) is 25.4 Å². The molecule has 1 heterocycles. The molecule has 0 spiro atoms. The maximum Gasteiger partial charge on any atom is 0.416 e. The van der Waals surface area contributed by atoms with Crippen LogP contribution in [0.25, 0.3) is 0 Å². The van der Waals surface area contributed by atoms with Crippen LogP contribution in [0.2, 0.25) is 0 Å². The monoisotopic (exact) mass is 380 g/mol. The third kappa shape index (κ3) is 5.21. The summed E-state index contributed by atoms with van der Waals surface area (Å²) >= 11 is 0. The first-order valence-corrected chi connectivity index (χ1v) is 8.79. The van der Waals surface area contributed by atoms with Gasteiger partial charge in [-0.1, -0.05) is 12.1 Å². The minimum atomic E-state index is -4.32. The number of nitrogens with one attached hydrogen (secondary N) is 1. The zero-order valence-corrected chi connectivity index (χ0v) is 14.6. The van der Waals surface area contributed by atoms with Gasteiger partial charge in [-0.25, -0.2) is 9.18 Å². The summed E-state index contributed by atoms with van der Waals surface area (Å²) in [5, 5.41) is 2.74. The van der Waals surface area contributed by atoms with E-state index in [0.717, 1.165) is 30.5 Å². The number of nitrogens with zero attached hydrogens (tertiary/aromatic N) is 1. The van der Waals surface area contributed by atoms with Crippen molar-refractivity contribution in [3.63, 3.8) is 0 Å². The van der Waals surface area contributed by atoms with Gasteiger partial charge in [0.1, 0.15) is 5.82 Å². The van der Waals surface area contributed by atoms with E-state index in [4.69, 9.17) is 0 Å². The molecule has 0 aromatic heterocycles. The molecule has 1 saturated heterocycles. The Morgan fingerprint density at radius 1 is 1.00 bits per heavy atom. The van der Waals surface area contributed by atoms with Crippen LogP contribution < -0.4 is 5.32 Å². The van der Waals surface area contributed by atoms with Gasteiger partial charge in [0.25, 0.3) is 0 Å². The van der Waals surface area contributed by atoms with Crippen LogP contribution in [-0.4, -0.2) is 24.0 Å². The molecule has 1 aliphatic heterocycles. The van der Waals surface area contributed by atoms with Crippen molar-refractivity contribution in [1.82, 2.24) is 4.90 Å². The lowest BCUT2D eigenvalue weighted by molar-refractivity contribution is -0.137. The van der Waals surface area contributed by atoms with Crippen molar-refractivity contribution in [3.05, 3.63) is 65.5 Å². The van der Waals surface area contributed by atoms with Gasteiger partial charge in [0.15, 0.2) is 0 Å². The molecular weight excluding hydrogens is 360 g/mol. The first-order valence-electron chi connectivity index (χ1n) is 8.79. The molecule has 0 bridgehead atoms. The summed E-state index contributed by atoms with van der Waals surface area (Å²) in [6, 6.07) is 10.6. The fourth-order valence-electron chi connectivity index (χ4n) is 3.24. The van der Waals surface area contributed by atoms with E-state index in [1.165, 1.54) is 36.4 Å². The third-order valence-corrected chi connectivity index (χ3v) is 4.80. The number of carbonyl (C=O) groups excluding carboxylic acids is 1. The Morgan fingerprint density at radius 3 is 2.15 bits per heavy atom. The van der Waals surface area contributed by atoms with Gasteiger partial charge in [-0.05, 0) is 67.1 Å². The topological polar surface area (TPSA) is 32.3 Å². The van der Waals surface area contributed by atoms with Gasteiger partial charge in [0.05, 0.1) is 5.56 Å². The number of piperidine rings is 1. The van der Waals surface area contributed by atoms with Gasteiger partial charge in [-0.15, -0.1) is 0 Å². The maximum atomic E-state index is 12.9. The van der Waals surface area contributed by atoms with E-state index in [2.05, 4.69) is 5.32 Å². The molecule has 0 unspecified atom stereocenters. The number of amides is 2. The zero-order chi connectivity index (χ0) is 19.4. The van der Waals surface area contributed by atoms with Crippen LogP contribution in [0.4, 0.5) is 28.0 Å². The molecular formula is C20H20F4N2O. The molecule has 1 aliphatic rings. The highest BCUT2D eigenvalue weighted by Gasteiger charge is 2.30. The van der Waals surface area contributed by atoms with Crippen LogP contribution in [0.3, 0.4) is 0 Å². The van der Waals surface area contributed by atoms with Gasteiger partial charge in [0.2, 0.25) is 0 Å². The molecule has 2 aromatic carbocycles. The number of carbonyl (C=O) groups is 1. The second-order valence-electron chi connectivity index (χ2n) is 6.77. The number of halogens is 4. The lowest BCUT2D eigenvalue weighted by Gasteiger charge is -2.32. The molecule has 7 heteroatoms. The summed E-state index contributed by atoms with van der Waals surface area (Å²) in [5.41, 5.74) is 0.768. The molecule has 0 atom stereocenters. The van der Waals surface area contributed by atoms with Crippen LogP contribution in [0.15, 0.2) is 48.5 Å². The van der Waals surface area contributed by atoms with Crippen molar-refractivity contribution in [2.24, 2.45) is 5.92 Å². The van der Waals surface area contributed by atoms with Crippen LogP contribution in [0.1, 0.15) is 24.0 Å². The normalized spacial score (nSPS) is 15.6. The Morgan fingerprint density at radius 2 is 1.59 bits per heavy atom. The number of likely N-dealkylation sites (tertiary alicyclic amines) is 1. The van der Waals surface area contributed by atoms with E-state index in [9.17, 15) is 22.4 Å². The molecule has 27 heavy (non-hydrogen) atoms. The smallest absolute Gasteiger partial charge is 0.325 e. The van der Waals surface area contributed by atoms with Crippen LogP contribution in [-0.2, 0) is 12.6 Å². The van der Waals surface area contributed by atoms with Crippen molar-refractivity contribution >= 4 is 11.7 Å². The highest BCUT2D eigenvalue weighted by Crippen LogP contribution is 2.30. The first kappa shape index (κ1) is 19.2. The van der Waals surface area contributed by atoms with Crippen LogP contribution >= 0.6 is 0 Å². The molecule has 144 valence electrons. The van der Waals surface area contributed by atoms with Crippen LogP contribution in [0.5, 0.6) is 0 Å². The summed E-state index contributed by atoms with van der Waals surface area (Å²) in [4.78, 5) is 14.0. The van der Waals surface area contributed by atoms with E-state index in [0.29, 0.717) is 31.1 Å². The SMILES string of the molecule is O=C(Nc1ccc(F)cc1)N1CCC(Cc2ccc(C(F)(F)F)cc2)CC1. The Balaban J connectivity index is 1.48. The van der Waals surface area contributed by atoms with Crippen LogP contribution in [0, 0.1) is 11.7 Å². The first-order chi connectivity index (χ1) is 12.8. The predicted molar refractivity (Wildman–Crippen MR) is 94.9 cm³/mol. The molecule has 0 radical (unpaired) electrons. The fourth-order valence-corrected chi connectivity index (χ4v) is 3.24. The molecule has 1 N–H and O–H groups in total. The van der Waals surface area contributed by atoms with E-state index >= 15 is 0 Å². The third-order valence-electron chi connectivity index (χ3n) is 4.80. The summed E-state index contributed by atoms with van der Waals surface area (Å²) in [5.74, 6) is -0.0336. The van der Waals surface area contributed by atoms with E-state index in [1.807, 2.05) is 0 Å². The summed E-state index contributed by atoms with van der Waals surface area (Å²) in [6.45, 7) is 1.16. The summed E-state index contributed by atoms with van der Waals surface area (Å²) in [6.07, 6.45) is -2.04. The standard InChI is InChI=1S/C20H20F4N2O/c21-17-5-7-18(8-6-17)25-19(27)26-11-9-15(10-12-26)13-14-1-3-16(4-2-14)20(22,23)24/h1-8,15H,9-13H2,(H,25,27). The number of rotatable bonds is 3. The Hall–Kier alpha value is -2.57. The number of alkyl halides is 3. The number of anilines is 1. The average Bonchev–Trinajstić information content (AvgIpc) is 2.64. The van der Waals surface area contributed by atoms with Gasteiger partial charge < -0.3 is 10.2 Å². The predicted octanol–water partition coefficient (Wildman–Crippen LogP) is 5.33. The maximum absolute atomic E-state index is 12.9. The highest BCUT2D eigenvalue weighted by molar-refractivity contribution is 5.89. The number of benzene rings is 2. The lowest BCUT2D eigenvalue weighted by atomic mass is 9.90. The van der Waals surface area contributed by atoms with Crippen molar-refractivity contribution < 1.29 is 22.4 Å².